The van der Waals surface area contributed by atoms with Gasteiger partial charge in [0, 0.05) is 18.8 Å². The van der Waals surface area contributed by atoms with Crippen molar-refractivity contribution in [2.24, 2.45) is 11.8 Å². The van der Waals surface area contributed by atoms with Gasteiger partial charge in [-0.1, -0.05) is 38.1 Å². The Kier molecular flexibility index (Phi) is 7.46. The lowest BCUT2D eigenvalue weighted by atomic mass is 9.91. The number of hydrogen-bond donors (Lipinski definition) is 2. The number of likely N-dealkylation sites (tertiary alicyclic amines) is 1. The molecule has 5 nitrogen and oxygen atoms in total. The molecule has 2 atom stereocenters. The predicted molar refractivity (Wildman–Crippen MR) is 116 cm³/mol. The van der Waals surface area contributed by atoms with E-state index in [1.165, 1.54) is 0 Å². The van der Waals surface area contributed by atoms with Gasteiger partial charge in [-0.3, -0.25) is 9.59 Å². The fourth-order valence-electron chi connectivity index (χ4n) is 3.79. The van der Waals surface area contributed by atoms with Crippen LogP contribution in [-0.4, -0.2) is 29.8 Å². The van der Waals surface area contributed by atoms with E-state index in [1.54, 1.807) is 24.3 Å². The molecule has 2 unspecified atom stereocenters. The zero-order valence-electron chi connectivity index (χ0n) is 16.4. The van der Waals surface area contributed by atoms with Gasteiger partial charge in [0.05, 0.1) is 17.7 Å². The Morgan fingerprint density at radius 1 is 1.04 bits per heavy atom. The third-order valence-corrected chi connectivity index (χ3v) is 4.93. The zero-order valence-corrected chi connectivity index (χ0v) is 17.2. The van der Waals surface area contributed by atoms with E-state index in [0.29, 0.717) is 28.8 Å². The van der Waals surface area contributed by atoms with E-state index in [9.17, 15) is 9.59 Å². The predicted octanol–water partition coefficient (Wildman–Crippen LogP) is 3.99. The first kappa shape index (κ1) is 21.8. The first-order valence-electron chi connectivity index (χ1n) is 9.45. The third-order valence-electron chi connectivity index (χ3n) is 4.93. The van der Waals surface area contributed by atoms with Crippen molar-refractivity contribution in [1.29, 1.82) is 0 Å². The number of rotatable bonds is 4. The van der Waals surface area contributed by atoms with Crippen molar-refractivity contribution in [3.05, 3.63) is 59.7 Å². The van der Waals surface area contributed by atoms with Crippen LogP contribution in [0, 0.1) is 11.8 Å². The summed E-state index contributed by atoms with van der Waals surface area (Å²) in [6, 6.07) is 14.5. The summed E-state index contributed by atoms with van der Waals surface area (Å²) in [6.45, 7) is 5.88. The van der Waals surface area contributed by atoms with Crippen molar-refractivity contribution < 1.29 is 9.59 Å². The largest absolute Gasteiger partial charge is 0.399 e. The van der Waals surface area contributed by atoms with Gasteiger partial charge in [0.2, 0.25) is 5.91 Å². The van der Waals surface area contributed by atoms with Crippen LogP contribution in [0.25, 0.3) is 0 Å². The van der Waals surface area contributed by atoms with Gasteiger partial charge in [-0.05, 0) is 48.1 Å². The van der Waals surface area contributed by atoms with Gasteiger partial charge < -0.3 is 16.0 Å². The standard InChI is InChI=1S/C22H27N3O2.ClH/c1-15-11-16(2)14-25(13-15)22(27)19-5-3-4-6-20(19)24-21(26)12-17-7-9-18(23)10-8-17;/h3-10,15-16H,11-14,23H2,1-2H3,(H,24,26);1H. The number of nitrogen functional groups attached to an aromatic ring is 1. The van der Waals surface area contributed by atoms with Gasteiger partial charge in [-0.25, -0.2) is 0 Å². The lowest BCUT2D eigenvalue weighted by Gasteiger charge is -2.35. The van der Waals surface area contributed by atoms with Crippen LogP contribution >= 0.6 is 12.4 Å². The quantitative estimate of drug-likeness (QED) is 0.760. The van der Waals surface area contributed by atoms with E-state index in [2.05, 4.69) is 19.2 Å². The highest BCUT2D eigenvalue weighted by molar-refractivity contribution is 6.04. The van der Waals surface area contributed by atoms with Gasteiger partial charge in [0.1, 0.15) is 0 Å². The molecule has 0 aliphatic carbocycles. The number of hydrogen-bond acceptors (Lipinski definition) is 3. The molecule has 0 saturated carbocycles. The average Bonchev–Trinajstić information content (AvgIpc) is 2.63. The molecule has 6 heteroatoms. The second-order valence-corrected chi connectivity index (χ2v) is 7.67. The van der Waals surface area contributed by atoms with Crippen LogP contribution in [0.2, 0.25) is 0 Å². The number of nitrogens with zero attached hydrogens (tertiary/aromatic N) is 1. The summed E-state index contributed by atoms with van der Waals surface area (Å²) in [7, 11) is 0. The molecule has 2 amide bonds. The molecular weight excluding hydrogens is 374 g/mol. The molecule has 0 bridgehead atoms. The smallest absolute Gasteiger partial charge is 0.255 e. The number of nitrogens with one attached hydrogen (secondary N) is 1. The molecule has 1 aliphatic rings. The summed E-state index contributed by atoms with van der Waals surface area (Å²) < 4.78 is 0. The minimum absolute atomic E-state index is 0. The van der Waals surface area contributed by atoms with Gasteiger partial charge in [0.25, 0.3) is 5.91 Å². The Morgan fingerprint density at radius 3 is 2.29 bits per heavy atom. The molecule has 1 aliphatic heterocycles. The molecule has 28 heavy (non-hydrogen) atoms. The van der Waals surface area contributed by atoms with Gasteiger partial charge in [-0.2, -0.15) is 0 Å². The molecule has 1 heterocycles. The fraction of sp³-hybridized carbons (Fsp3) is 0.364. The number of carbonyl (C=O) groups excluding carboxylic acids is 2. The number of amides is 2. The van der Waals surface area contributed by atoms with E-state index in [4.69, 9.17) is 5.73 Å². The van der Waals surface area contributed by atoms with E-state index >= 15 is 0 Å². The van der Waals surface area contributed by atoms with Crippen molar-refractivity contribution in [3.8, 4) is 0 Å². The molecule has 2 aromatic carbocycles. The second-order valence-electron chi connectivity index (χ2n) is 7.67. The molecule has 3 rings (SSSR count). The molecule has 150 valence electrons. The number of carbonyl (C=O) groups is 2. The molecule has 0 radical (unpaired) electrons. The van der Waals surface area contributed by atoms with E-state index in [0.717, 1.165) is 25.1 Å². The average molecular weight is 402 g/mol. The topological polar surface area (TPSA) is 75.4 Å². The van der Waals surface area contributed by atoms with E-state index < -0.39 is 0 Å². The van der Waals surface area contributed by atoms with Gasteiger partial charge >= 0.3 is 0 Å². The van der Waals surface area contributed by atoms with Crippen molar-refractivity contribution in [1.82, 2.24) is 4.90 Å². The van der Waals surface area contributed by atoms with Crippen molar-refractivity contribution >= 4 is 35.6 Å². The van der Waals surface area contributed by atoms with Crippen LogP contribution in [-0.2, 0) is 11.2 Å². The van der Waals surface area contributed by atoms with Crippen molar-refractivity contribution in [2.45, 2.75) is 26.7 Å². The van der Waals surface area contributed by atoms with Crippen LogP contribution < -0.4 is 11.1 Å². The molecule has 2 aromatic rings. The number of halogens is 1. The maximum absolute atomic E-state index is 13.0. The fourth-order valence-corrected chi connectivity index (χ4v) is 3.79. The second kappa shape index (κ2) is 9.60. The van der Waals surface area contributed by atoms with Crippen molar-refractivity contribution in [2.75, 3.05) is 24.1 Å². The summed E-state index contributed by atoms with van der Waals surface area (Å²) >= 11 is 0. The molecule has 1 fully saturated rings. The normalized spacial score (nSPS) is 18.9. The zero-order chi connectivity index (χ0) is 19.4. The SMILES string of the molecule is CC1CC(C)CN(C(=O)c2ccccc2NC(=O)Cc2ccc(N)cc2)C1.Cl. The maximum atomic E-state index is 13.0. The Hall–Kier alpha value is -2.53. The molecular formula is C22H28ClN3O2. The Bertz CT molecular complexity index is 813. The summed E-state index contributed by atoms with van der Waals surface area (Å²) in [5, 5.41) is 2.90. The Morgan fingerprint density at radius 2 is 1.64 bits per heavy atom. The first-order valence-corrected chi connectivity index (χ1v) is 9.45. The third kappa shape index (κ3) is 5.49. The number of piperidine rings is 1. The number of para-hydroxylation sites is 1. The van der Waals surface area contributed by atoms with Crippen LogP contribution in [0.3, 0.4) is 0 Å². The van der Waals surface area contributed by atoms with Crippen LogP contribution in [0.15, 0.2) is 48.5 Å². The summed E-state index contributed by atoms with van der Waals surface area (Å²) in [6.07, 6.45) is 1.38. The highest BCUT2D eigenvalue weighted by Crippen LogP contribution is 2.25. The highest BCUT2D eigenvalue weighted by Gasteiger charge is 2.27. The van der Waals surface area contributed by atoms with Crippen LogP contribution in [0.4, 0.5) is 11.4 Å². The summed E-state index contributed by atoms with van der Waals surface area (Å²) in [5.74, 6) is 0.812. The van der Waals surface area contributed by atoms with E-state index in [-0.39, 0.29) is 30.6 Å². The number of anilines is 2. The summed E-state index contributed by atoms with van der Waals surface area (Å²) in [4.78, 5) is 27.4. The lowest BCUT2D eigenvalue weighted by molar-refractivity contribution is -0.115. The lowest BCUT2D eigenvalue weighted by Crippen LogP contribution is -2.42. The Labute approximate surface area is 172 Å². The number of benzene rings is 2. The van der Waals surface area contributed by atoms with Gasteiger partial charge in [0.15, 0.2) is 0 Å². The highest BCUT2D eigenvalue weighted by atomic mass is 35.5. The minimum Gasteiger partial charge on any atom is -0.399 e. The Balaban J connectivity index is 0.00000280. The molecule has 0 spiro atoms. The monoisotopic (exact) mass is 401 g/mol. The number of nitrogens with two attached hydrogens (primary N) is 1. The van der Waals surface area contributed by atoms with E-state index in [1.807, 2.05) is 29.2 Å². The van der Waals surface area contributed by atoms with Gasteiger partial charge in [-0.15, -0.1) is 12.4 Å². The molecule has 1 saturated heterocycles. The van der Waals surface area contributed by atoms with Crippen LogP contribution in [0.5, 0.6) is 0 Å². The van der Waals surface area contributed by atoms with Crippen LogP contribution in [0.1, 0.15) is 36.2 Å². The maximum Gasteiger partial charge on any atom is 0.255 e. The molecule has 0 aromatic heterocycles. The molecule has 3 N–H and O–H groups in total. The van der Waals surface area contributed by atoms with Crippen molar-refractivity contribution in [3.63, 3.8) is 0 Å². The first-order chi connectivity index (χ1) is 12.9. The summed E-state index contributed by atoms with van der Waals surface area (Å²) in [5.41, 5.74) is 8.34. The minimum atomic E-state index is -0.152.